The Bertz CT molecular complexity index is 898. The Balaban J connectivity index is 1.71. The van der Waals surface area contributed by atoms with Crippen molar-refractivity contribution in [2.45, 2.75) is 6.92 Å². The highest BCUT2D eigenvalue weighted by Gasteiger charge is 2.09. The predicted octanol–water partition coefficient (Wildman–Crippen LogP) is 5.13. The van der Waals surface area contributed by atoms with Crippen LogP contribution in [-0.4, -0.2) is 17.5 Å². The van der Waals surface area contributed by atoms with Gasteiger partial charge in [-0.05, 0) is 49.4 Å². The van der Waals surface area contributed by atoms with E-state index in [0.29, 0.717) is 28.6 Å². The Hall–Kier alpha value is -3.05. The van der Waals surface area contributed by atoms with Crippen molar-refractivity contribution in [1.82, 2.24) is 4.98 Å². The van der Waals surface area contributed by atoms with Gasteiger partial charge >= 0.3 is 0 Å². The summed E-state index contributed by atoms with van der Waals surface area (Å²) in [6, 6.07) is 16.4. The molecular weight excluding hydrogens is 350 g/mol. The van der Waals surface area contributed by atoms with E-state index in [1.54, 1.807) is 30.5 Å². The minimum atomic E-state index is -0.277. The van der Waals surface area contributed by atoms with Crippen LogP contribution in [0.4, 0.5) is 17.1 Å². The van der Waals surface area contributed by atoms with Crippen LogP contribution in [-0.2, 0) is 0 Å². The van der Waals surface area contributed by atoms with Crippen LogP contribution in [0.5, 0.6) is 5.75 Å². The number of hydrogen-bond acceptors (Lipinski definition) is 4. The Kier molecular flexibility index (Phi) is 5.71. The van der Waals surface area contributed by atoms with E-state index < -0.39 is 0 Å². The van der Waals surface area contributed by atoms with Crippen molar-refractivity contribution in [3.8, 4) is 5.75 Å². The molecule has 2 N–H and O–H groups in total. The molecule has 0 spiro atoms. The minimum absolute atomic E-state index is 0.277. The summed E-state index contributed by atoms with van der Waals surface area (Å²) >= 11 is 6.08. The Morgan fingerprint density at radius 2 is 1.85 bits per heavy atom. The highest BCUT2D eigenvalue weighted by atomic mass is 35.5. The van der Waals surface area contributed by atoms with Crippen molar-refractivity contribution in [2.75, 3.05) is 17.2 Å². The molecule has 1 amide bonds. The monoisotopic (exact) mass is 367 g/mol. The van der Waals surface area contributed by atoms with Crippen molar-refractivity contribution in [2.24, 2.45) is 0 Å². The van der Waals surface area contributed by atoms with Gasteiger partial charge in [-0.3, -0.25) is 9.78 Å². The largest absolute Gasteiger partial charge is 0.494 e. The Morgan fingerprint density at radius 1 is 1.08 bits per heavy atom. The molecule has 0 atom stereocenters. The molecule has 5 nitrogen and oxygen atoms in total. The summed E-state index contributed by atoms with van der Waals surface area (Å²) in [6.07, 6.45) is 3.16. The van der Waals surface area contributed by atoms with Gasteiger partial charge in [-0.2, -0.15) is 0 Å². The zero-order valence-electron chi connectivity index (χ0n) is 14.2. The number of ether oxygens (including phenoxy) is 1. The lowest BCUT2D eigenvalue weighted by atomic mass is 10.2. The number of hydrogen-bond donors (Lipinski definition) is 2. The van der Waals surface area contributed by atoms with Gasteiger partial charge in [0.1, 0.15) is 5.75 Å². The summed E-state index contributed by atoms with van der Waals surface area (Å²) < 4.78 is 5.42. The standard InChI is InChI=1S/C20H18ClN3O2/c1-2-26-17-9-7-15(8-10-17)23-16-11-14(12-22-13-16)20(25)24-19-6-4-3-5-18(19)21/h3-13,23H,2H2,1H3,(H,24,25). The molecule has 26 heavy (non-hydrogen) atoms. The van der Waals surface area contributed by atoms with Crippen LogP contribution in [0.1, 0.15) is 17.3 Å². The number of nitrogens with one attached hydrogen (secondary N) is 2. The van der Waals surface area contributed by atoms with E-state index in [-0.39, 0.29) is 5.91 Å². The van der Waals surface area contributed by atoms with Gasteiger partial charge < -0.3 is 15.4 Å². The van der Waals surface area contributed by atoms with Crippen molar-refractivity contribution >= 4 is 34.6 Å². The molecular formula is C20H18ClN3O2. The van der Waals surface area contributed by atoms with E-state index in [2.05, 4.69) is 15.6 Å². The number of amides is 1. The molecule has 3 aromatic rings. The van der Waals surface area contributed by atoms with E-state index in [4.69, 9.17) is 16.3 Å². The maximum atomic E-state index is 12.4. The summed E-state index contributed by atoms with van der Waals surface area (Å²) in [5.41, 5.74) is 2.57. The third-order valence-corrected chi connectivity index (χ3v) is 3.91. The van der Waals surface area contributed by atoms with Crippen LogP contribution in [0.15, 0.2) is 67.0 Å². The molecule has 0 aliphatic heterocycles. The molecule has 132 valence electrons. The summed E-state index contributed by atoms with van der Waals surface area (Å²) in [5.74, 6) is 0.532. The fraction of sp³-hybridized carbons (Fsp3) is 0.100. The first-order valence-electron chi connectivity index (χ1n) is 8.16. The molecule has 0 saturated heterocycles. The van der Waals surface area contributed by atoms with Crippen molar-refractivity contribution in [3.63, 3.8) is 0 Å². The number of halogens is 1. The van der Waals surface area contributed by atoms with E-state index in [1.807, 2.05) is 37.3 Å². The predicted molar refractivity (Wildman–Crippen MR) is 105 cm³/mol. The normalized spacial score (nSPS) is 10.2. The molecule has 2 aromatic carbocycles. The molecule has 0 bridgehead atoms. The number of anilines is 3. The zero-order valence-corrected chi connectivity index (χ0v) is 15.0. The number of carbonyl (C=O) groups is 1. The fourth-order valence-electron chi connectivity index (χ4n) is 2.36. The first-order chi connectivity index (χ1) is 12.7. The number of pyridine rings is 1. The Labute approximate surface area is 157 Å². The molecule has 3 rings (SSSR count). The van der Waals surface area contributed by atoms with Gasteiger partial charge in [0.2, 0.25) is 0 Å². The van der Waals surface area contributed by atoms with Crippen LogP contribution in [0.25, 0.3) is 0 Å². The van der Waals surface area contributed by atoms with E-state index in [0.717, 1.165) is 11.4 Å². The molecule has 0 aliphatic carbocycles. The minimum Gasteiger partial charge on any atom is -0.494 e. The van der Waals surface area contributed by atoms with Gasteiger partial charge in [-0.15, -0.1) is 0 Å². The first kappa shape index (κ1) is 17.8. The van der Waals surface area contributed by atoms with Gasteiger partial charge in [0.15, 0.2) is 0 Å². The van der Waals surface area contributed by atoms with Gasteiger partial charge in [-0.25, -0.2) is 0 Å². The lowest BCUT2D eigenvalue weighted by molar-refractivity contribution is 0.102. The highest BCUT2D eigenvalue weighted by molar-refractivity contribution is 6.33. The molecule has 1 aromatic heterocycles. The van der Waals surface area contributed by atoms with E-state index in [9.17, 15) is 4.79 Å². The van der Waals surface area contributed by atoms with E-state index >= 15 is 0 Å². The van der Waals surface area contributed by atoms with Crippen LogP contribution >= 0.6 is 11.6 Å². The molecule has 0 aliphatic rings. The van der Waals surface area contributed by atoms with E-state index in [1.165, 1.54) is 6.20 Å². The topological polar surface area (TPSA) is 63.2 Å². The first-order valence-corrected chi connectivity index (χ1v) is 8.54. The second-order valence-corrected chi connectivity index (χ2v) is 5.89. The number of carbonyl (C=O) groups excluding carboxylic acids is 1. The summed E-state index contributed by atoms with van der Waals surface area (Å²) in [4.78, 5) is 16.6. The number of rotatable bonds is 6. The summed E-state index contributed by atoms with van der Waals surface area (Å²) in [7, 11) is 0. The second-order valence-electron chi connectivity index (χ2n) is 5.48. The number of nitrogens with zero attached hydrogens (tertiary/aromatic N) is 1. The maximum Gasteiger partial charge on any atom is 0.257 e. The van der Waals surface area contributed by atoms with Crippen LogP contribution < -0.4 is 15.4 Å². The number of aromatic nitrogens is 1. The van der Waals surface area contributed by atoms with Gasteiger partial charge in [0.25, 0.3) is 5.91 Å². The molecule has 0 radical (unpaired) electrons. The van der Waals surface area contributed by atoms with Crippen molar-refractivity contribution < 1.29 is 9.53 Å². The second kappa shape index (κ2) is 8.36. The SMILES string of the molecule is CCOc1ccc(Nc2cncc(C(=O)Nc3ccccc3Cl)c2)cc1. The lowest BCUT2D eigenvalue weighted by Crippen LogP contribution is -2.12. The van der Waals surface area contributed by atoms with Crippen molar-refractivity contribution in [3.05, 3.63) is 77.6 Å². The third kappa shape index (κ3) is 4.52. The average Bonchev–Trinajstić information content (AvgIpc) is 2.66. The fourth-order valence-corrected chi connectivity index (χ4v) is 2.54. The average molecular weight is 368 g/mol. The quantitative estimate of drug-likeness (QED) is 0.634. The summed E-state index contributed by atoms with van der Waals surface area (Å²) in [5, 5.41) is 6.49. The summed E-state index contributed by atoms with van der Waals surface area (Å²) in [6.45, 7) is 2.57. The molecule has 1 heterocycles. The smallest absolute Gasteiger partial charge is 0.257 e. The maximum absolute atomic E-state index is 12.4. The molecule has 0 saturated carbocycles. The molecule has 0 unspecified atom stereocenters. The third-order valence-electron chi connectivity index (χ3n) is 3.58. The lowest BCUT2D eigenvalue weighted by Gasteiger charge is -2.10. The van der Waals surface area contributed by atoms with Crippen LogP contribution in [0.2, 0.25) is 5.02 Å². The number of benzene rings is 2. The van der Waals surface area contributed by atoms with Crippen LogP contribution in [0.3, 0.4) is 0 Å². The zero-order chi connectivity index (χ0) is 18.4. The van der Waals surface area contributed by atoms with Crippen molar-refractivity contribution in [1.29, 1.82) is 0 Å². The van der Waals surface area contributed by atoms with Gasteiger partial charge in [0.05, 0.1) is 34.8 Å². The molecule has 6 heteroatoms. The van der Waals surface area contributed by atoms with Gasteiger partial charge in [-0.1, -0.05) is 23.7 Å². The highest BCUT2D eigenvalue weighted by Crippen LogP contribution is 2.23. The molecule has 0 fully saturated rings. The van der Waals surface area contributed by atoms with Gasteiger partial charge in [0, 0.05) is 11.9 Å². The Morgan fingerprint density at radius 3 is 2.58 bits per heavy atom. The van der Waals surface area contributed by atoms with Crippen LogP contribution in [0, 0.1) is 0 Å². The number of para-hydroxylation sites is 1.